The second kappa shape index (κ2) is 7.41. The Kier molecular flexibility index (Phi) is 5.56. The summed E-state index contributed by atoms with van der Waals surface area (Å²) in [5.41, 5.74) is 7.46. The molecule has 2 rings (SSSR count). The van der Waals surface area contributed by atoms with E-state index in [2.05, 4.69) is 29.2 Å². The first-order valence-electron chi connectivity index (χ1n) is 7.35. The van der Waals surface area contributed by atoms with Gasteiger partial charge in [0, 0.05) is 19.1 Å². The fourth-order valence-electron chi connectivity index (χ4n) is 2.96. The summed E-state index contributed by atoms with van der Waals surface area (Å²) in [6.07, 6.45) is 2.04. The summed E-state index contributed by atoms with van der Waals surface area (Å²) in [4.78, 5) is 13.7. The third-order valence-electron chi connectivity index (χ3n) is 3.67. The minimum Gasteiger partial charge on any atom is -0.465 e. The van der Waals surface area contributed by atoms with E-state index in [9.17, 15) is 4.79 Å². The first kappa shape index (κ1) is 15.0. The van der Waals surface area contributed by atoms with Gasteiger partial charge in [-0.15, -0.1) is 0 Å². The molecule has 20 heavy (non-hydrogen) atoms. The topological polar surface area (TPSA) is 55.6 Å². The van der Waals surface area contributed by atoms with Gasteiger partial charge in [0.1, 0.15) is 0 Å². The molecule has 2 unspecified atom stereocenters. The summed E-state index contributed by atoms with van der Waals surface area (Å²) in [5, 5.41) is 0. The van der Waals surface area contributed by atoms with Crippen molar-refractivity contribution in [3.05, 3.63) is 35.9 Å². The van der Waals surface area contributed by atoms with Crippen molar-refractivity contribution in [2.45, 2.75) is 25.8 Å². The molecule has 1 aromatic rings. The van der Waals surface area contributed by atoms with Crippen LogP contribution in [0.2, 0.25) is 0 Å². The summed E-state index contributed by atoms with van der Waals surface area (Å²) >= 11 is 0. The van der Waals surface area contributed by atoms with Gasteiger partial charge in [-0.25, -0.2) is 0 Å². The molecule has 0 saturated carbocycles. The minimum atomic E-state index is -0.153. The van der Waals surface area contributed by atoms with Gasteiger partial charge < -0.3 is 10.5 Å². The van der Waals surface area contributed by atoms with E-state index in [0.29, 0.717) is 19.1 Å². The molecule has 1 aliphatic rings. The van der Waals surface area contributed by atoms with Gasteiger partial charge in [-0.3, -0.25) is 9.69 Å². The van der Waals surface area contributed by atoms with Crippen LogP contribution in [0, 0.1) is 5.92 Å². The number of nitrogens with two attached hydrogens (primary N) is 1. The van der Waals surface area contributed by atoms with Crippen molar-refractivity contribution in [2.75, 3.05) is 26.2 Å². The number of piperidine rings is 1. The van der Waals surface area contributed by atoms with Gasteiger partial charge >= 0.3 is 5.97 Å². The van der Waals surface area contributed by atoms with Crippen molar-refractivity contribution < 1.29 is 9.53 Å². The highest BCUT2D eigenvalue weighted by Crippen LogP contribution is 2.20. The smallest absolute Gasteiger partial charge is 0.320 e. The van der Waals surface area contributed by atoms with Crippen LogP contribution in [0.3, 0.4) is 0 Å². The number of esters is 1. The van der Waals surface area contributed by atoms with E-state index in [1.54, 1.807) is 0 Å². The predicted octanol–water partition coefficient (Wildman–Crippen LogP) is 1.44. The standard InChI is InChI=1S/C16H24N2O2/c1-2-20-16(19)12-18-10-14(9-15(17)11-18)8-13-6-4-3-5-7-13/h3-7,14-15H,2,8-12,17H2,1H3. The number of benzene rings is 1. The van der Waals surface area contributed by atoms with E-state index < -0.39 is 0 Å². The first-order chi connectivity index (χ1) is 9.67. The van der Waals surface area contributed by atoms with Crippen LogP contribution < -0.4 is 5.73 Å². The van der Waals surface area contributed by atoms with Gasteiger partial charge in [-0.1, -0.05) is 30.3 Å². The highest BCUT2D eigenvalue weighted by atomic mass is 16.5. The van der Waals surface area contributed by atoms with E-state index >= 15 is 0 Å². The molecule has 1 aliphatic heterocycles. The Morgan fingerprint density at radius 3 is 2.80 bits per heavy atom. The van der Waals surface area contributed by atoms with Crippen molar-refractivity contribution in [1.82, 2.24) is 4.90 Å². The lowest BCUT2D eigenvalue weighted by atomic mass is 9.89. The SMILES string of the molecule is CCOC(=O)CN1CC(N)CC(Cc2ccccc2)C1. The molecule has 1 aromatic carbocycles. The first-order valence-corrected chi connectivity index (χ1v) is 7.35. The highest BCUT2D eigenvalue weighted by Gasteiger charge is 2.26. The van der Waals surface area contributed by atoms with Crippen molar-refractivity contribution in [1.29, 1.82) is 0 Å². The van der Waals surface area contributed by atoms with Crippen LogP contribution in [0.15, 0.2) is 30.3 Å². The molecule has 1 saturated heterocycles. The molecule has 0 spiro atoms. The molecule has 1 fully saturated rings. The van der Waals surface area contributed by atoms with Crippen molar-refractivity contribution in [2.24, 2.45) is 11.7 Å². The molecular weight excluding hydrogens is 252 g/mol. The largest absolute Gasteiger partial charge is 0.465 e. The van der Waals surface area contributed by atoms with Gasteiger partial charge in [0.25, 0.3) is 0 Å². The maximum atomic E-state index is 11.6. The second-order valence-electron chi connectivity index (χ2n) is 5.55. The van der Waals surface area contributed by atoms with Crippen LogP contribution in [-0.2, 0) is 16.0 Å². The Balaban J connectivity index is 1.89. The number of hydrogen-bond acceptors (Lipinski definition) is 4. The predicted molar refractivity (Wildman–Crippen MR) is 79.3 cm³/mol. The summed E-state index contributed by atoms with van der Waals surface area (Å²) in [6.45, 7) is 4.32. The zero-order chi connectivity index (χ0) is 14.4. The van der Waals surface area contributed by atoms with E-state index in [1.807, 2.05) is 13.0 Å². The number of carbonyl (C=O) groups excluding carboxylic acids is 1. The number of nitrogens with zero attached hydrogens (tertiary/aromatic N) is 1. The van der Waals surface area contributed by atoms with Crippen LogP contribution >= 0.6 is 0 Å². The number of rotatable bonds is 5. The molecule has 110 valence electrons. The van der Waals surface area contributed by atoms with Crippen molar-refractivity contribution in [3.63, 3.8) is 0 Å². The molecule has 4 nitrogen and oxygen atoms in total. The normalized spacial score (nSPS) is 23.5. The van der Waals surface area contributed by atoms with Gasteiger partial charge in [0.05, 0.1) is 13.2 Å². The summed E-state index contributed by atoms with van der Waals surface area (Å²) in [5.74, 6) is 0.357. The Hall–Kier alpha value is -1.39. The Bertz CT molecular complexity index is 422. The summed E-state index contributed by atoms with van der Waals surface area (Å²) in [7, 11) is 0. The van der Waals surface area contributed by atoms with Gasteiger partial charge in [-0.05, 0) is 31.2 Å². The Morgan fingerprint density at radius 2 is 2.10 bits per heavy atom. The average Bonchev–Trinajstić information content (AvgIpc) is 2.39. The maximum Gasteiger partial charge on any atom is 0.320 e. The summed E-state index contributed by atoms with van der Waals surface area (Å²) in [6, 6.07) is 10.6. The maximum absolute atomic E-state index is 11.6. The highest BCUT2D eigenvalue weighted by molar-refractivity contribution is 5.71. The third-order valence-corrected chi connectivity index (χ3v) is 3.67. The Labute approximate surface area is 120 Å². The number of likely N-dealkylation sites (tertiary alicyclic amines) is 1. The van der Waals surface area contributed by atoms with E-state index in [-0.39, 0.29) is 12.0 Å². The van der Waals surface area contributed by atoms with Crippen LogP contribution in [0.5, 0.6) is 0 Å². The third kappa shape index (κ3) is 4.62. The van der Waals surface area contributed by atoms with E-state index in [0.717, 1.165) is 25.9 Å². The molecule has 1 heterocycles. The lowest BCUT2D eigenvalue weighted by Crippen LogP contribution is -2.49. The fourth-order valence-corrected chi connectivity index (χ4v) is 2.96. The van der Waals surface area contributed by atoms with Crippen LogP contribution in [0.25, 0.3) is 0 Å². The lowest BCUT2D eigenvalue weighted by molar-refractivity contribution is -0.144. The molecule has 4 heteroatoms. The molecule has 0 radical (unpaired) electrons. The minimum absolute atomic E-state index is 0.145. The van der Waals surface area contributed by atoms with Gasteiger partial charge in [0.2, 0.25) is 0 Å². The molecule has 0 amide bonds. The quantitative estimate of drug-likeness (QED) is 0.827. The van der Waals surface area contributed by atoms with Gasteiger partial charge in [-0.2, -0.15) is 0 Å². The fraction of sp³-hybridized carbons (Fsp3) is 0.562. The number of hydrogen-bond donors (Lipinski definition) is 1. The van der Waals surface area contributed by atoms with Crippen LogP contribution in [-0.4, -0.2) is 43.2 Å². The van der Waals surface area contributed by atoms with E-state index in [4.69, 9.17) is 10.5 Å². The summed E-state index contributed by atoms with van der Waals surface area (Å²) < 4.78 is 5.01. The zero-order valence-corrected chi connectivity index (χ0v) is 12.1. The van der Waals surface area contributed by atoms with Crippen LogP contribution in [0.4, 0.5) is 0 Å². The number of carbonyl (C=O) groups is 1. The monoisotopic (exact) mass is 276 g/mol. The van der Waals surface area contributed by atoms with Crippen molar-refractivity contribution >= 4 is 5.97 Å². The lowest BCUT2D eigenvalue weighted by Gasteiger charge is -2.35. The Morgan fingerprint density at radius 1 is 1.35 bits per heavy atom. The second-order valence-corrected chi connectivity index (χ2v) is 5.55. The average molecular weight is 276 g/mol. The molecule has 2 N–H and O–H groups in total. The van der Waals surface area contributed by atoms with Gasteiger partial charge in [0.15, 0.2) is 0 Å². The van der Waals surface area contributed by atoms with Crippen LogP contribution in [0.1, 0.15) is 18.9 Å². The van der Waals surface area contributed by atoms with E-state index in [1.165, 1.54) is 5.56 Å². The molecular formula is C16H24N2O2. The van der Waals surface area contributed by atoms with Crippen molar-refractivity contribution in [3.8, 4) is 0 Å². The zero-order valence-electron chi connectivity index (χ0n) is 12.1. The molecule has 2 atom stereocenters. The molecule has 0 aromatic heterocycles. The molecule has 0 aliphatic carbocycles. The number of ether oxygens (including phenoxy) is 1. The molecule has 0 bridgehead atoms.